The summed E-state index contributed by atoms with van der Waals surface area (Å²) in [6.45, 7) is 1.82. The average molecular weight is 235 g/mol. The Morgan fingerprint density at radius 3 is 2.82 bits per heavy atom. The monoisotopic (exact) mass is 235 g/mol. The summed E-state index contributed by atoms with van der Waals surface area (Å²) < 4.78 is 17.3. The van der Waals surface area contributed by atoms with Crippen molar-refractivity contribution in [3.63, 3.8) is 0 Å². The normalized spacial score (nSPS) is 8.82. The van der Waals surface area contributed by atoms with Crippen molar-refractivity contribution in [2.75, 3.05) is 11.9 Å². The molecule has 5 heteroatoms. The van der Waals surface area contributed by atoms with E-state index in [0.29, 0.717) is 0 Å². The van der Waals surface area contributed by atoms with Gasteiger partial charge in [0.25, 0.3) is 0 Å². The van der Waals surface area contributed by atoms with Gasteiger partial charge in [0.05, 0.1) is 6.61 Å². The van der Waals surface area contributed by atoms with Crippen LogP contribution < -0.4 is 5.32 Å². The Labute approximate surface area is 97.8 Å². The first-order chi connectivity index (χ1) is 8.11. The average Bonchev–Trinajstić information content (AvgIpc) is 2.27. The van der Waals surface area contributed by atoms with E-state index < -0.39 is 17.7 Å². The second-order valence-electron chi connectivity index (χ2n) is 2.93. The fraction of sp³-hybridized carbons (Fsp3) is 0.167. The number of halogens is 1. The van der Waals surface area contributed by atoms with E-state index in [1.807, 2.05) is 11.8 Å². The zero-order valence-electron chi connectivity index (χ0n) is 9.12. The van der Waals surface area contributed by atoms with Crippen LogP contribution in [-0.2, 0) is 14.3 Å². The van der Waals surface area contributed by atoms with E-state index in [0.717, 1.165) is 6.07 Å². The lowest BCUT2D eigenvalue weighted by Crippen LogP contribution is -2.10. The lowest BCUT2D eigenvalue weighted by atomic mass is 10.3. The molecule has 0 saturated heterocycles. The molecule has 88 valence electrons. The third kappa shape index (κ3) is 4.80. The second kappa shape index (κ2) is 6.28. The van der Waals surface area contributed by atoms with Crippen molar-refractivity contribution in [1.82, 2.24) is 0 Å². The van der Waals surface area contributed by atoms with E-state index in [2.05, 4.69) is 10.1 Å². The fourth-order valence-electron chi connectivity index (χ4n) is 1.00. The highest BCUT2D eigenvalue weighted by Crippen LogP contribution is 2.08. The maximum absolute atomic E-state index is 12.8. The summed E-state index contributed by atoms with van der Waals surface area (Å²) in [6, 6.07) is 5.35. The molecule has 0 aliphatic rings. The number of benzene rings is 1. The molecule has 0 aliphatic carbocycles. The number of hydrogen-bond donors (Lipinski definition) is 1. The Morgan fingerprint density at radius 2 is 2.18 bits per heavy atom. The van der Waals surface area contributed by atoms with E-state index >= 15 is 0 Å². The third-order valence-electron chi connectivity index (χ3n) is 1.64. The Bertz CT molecular complexity index is 488. The van der Waals surface area contributed by atoms with Gasteiger partial charge in [0, 0.05) is 17.5 Å². The third-order valence-corrected chi connectivity index (χ3v) is 1.64. The number of ether oxygens (including phenoxy) is 1. The van der Waals surface area contributed by atoms with Crippen LogP contribution in [-0.4, -0.2) is 18.5 Å². The van der Waals surface area contributed by atoms with Gasteiger partial charge in [0.1, 0.15) is 5.82 Å². The number of nitrogens with one attached hydrogen (secondary N) is 1. The smallest absolute Gasteiger partial charge is 0.384 e. The summed E-state index contributed by atoms with van der Waals surface area (Å²) in [5.74, 6) is 2.09. The summed E-state index contributed by atoms with van der Waals surface area (Å²) in [4.78, 5) is 22.0. The number of carbonyl (C=O) groups is 2. The Balaban J connectivity index is 2.58. The van der Waals surface area contributed by atoms with E-state index in [1.54, 1.807) is 6.92 Å². The number of esters is 1. The molecular weight excluding hydrogens is 225 g/mol. The maximum atomic E-state index is 12.8. The van der Waals surface area contributed by atoms with E-state index in [1.165, 1.54) is 18.2 Å². The van der Waals surface area contributed by atoms with Gasteiger partial charge >= 0.3 is 11.9 Å². The lowest BCUT2D eigenvalue weighted by molar-refractivity contribution is -0.136. The summed E-state index contributed by atoms with van der Waals surface area (Å²) in [6.07, 6.45) is 0. The van der Waals surface area contributed by atoms with Gasteiger partial charge in [-0.15, -0.1) is 0 Å². The highest BCUT2D eigenvalue weighted by Gasteiger charge is 2.00. The zero-order chi connectivity index (χ0) is 12.7. The zero-order valence-corrected chi connectivity index (χ0v) is 9.12. The van der Waals surface area contributed by atoms with Crippen LogP contribution in [0.5, 0.6) is 0 Å². The largest absolute Gasteiger partial charge is 0.456 e. The van der Waals surface area contributed by atoms with Crippen LogP contribution in [0.2, 0.25) is 0 Å². The Kier molecular flexibility index (Phi) is 4.70. The molecule has 4 nitrogen and oxygen atoms in total. The number of amides is 1. The summed E-state index contributed by atoms with van der Waals surface area (Å²) >= 11 is 0. The minimum Gasteiger partial charge on any atom is -0.456 e. The van der Waals surface area contributed by atoms with Crippen LogP contribution >= 0.6 is 0 Å². The summed E-state index contributed by atoms with van der Waals surface area (Å²) in [7, 11) is 0. The number of hydrogen-bond acceptors (Lipinski definition) is 3. The van der Waals surface area contributed by atoms with Gasteiger partial charge in [-0.25, -0.2) is 9.18 Å². The first-order valence-electron chi connectivity index (χ1n) is 4.87. The minimum atomic E-state index is -0.776. The quantitative estimate of drug-likeness (QED) is 0.478. The minimum absolute atomic E-state index is 0.193. The van der Waals surface area contributed by atoms with E-state index in [-0.39, 0.29) is 12.3 Å². The molecule has 0 fully saturated rings. The predicted octanol–water partition coefficient (Wildman–Crippen LogP) is 1.33. The second-order valence-corrected chi connectivity index (χ2v) is 2.93. The van der Waals surface area contributed by atoms with Gasteiger partial charge in [-0.2, -0.15) is 0 Å². The van der Waals surface area contributed by atoms with Crippen molar-refractivity contribution >= 4 is 17.6 Å². The van der Waals surface area contributed by atoms with Crippen molar-refractivity contribution < 1.29 is 18.7 Å². The number of rotatable bonds is 2. The molecule has 0 bridgehead atoms. The SMILES string of the molecule is CCOC(=O)C#CC(=O)Nc1cccc(F)c1. The molecule has 0 aliphatic heterocycles. The first-order valence-corrected chi connectivity index (χ1v) is 4.87. The van der Waals surface area contributed by atoms with Crippen LogP contribution in [0.3, 0.4) is 0 Å². The molecule has 0 radical (unpaired) electrons. The Hall–Kier alpha value is -2.35. The van der Waals surface area contributed by atoms with Gasteiger partial charge in [-0.3, -0.25) is 4.79 Å². The first kappa shape index (κ1) is 12.7. The van der Waals surface area contributed by atoms with Crippen LogP contribution in [0.1, 0.15) is 6.92 Å². The van der Waals surface area contributed by atoms with Gasteiger partial charge in [0.2, 0.25) is 0 Å². The van der Waals surface area contributed by atoms with Crippen molar-refractivity contribution in [1.29, 1.82) is 0 Å². The molecule has 1 N–H and O–H groups in total. The number of carbonyl (C=O) groups excluding carboxylic acids is 2. The topological polar surface area (TPSA) is 55.4 Å². The molecule has 0 saturated carbocycles. The molecule has 0 heterocycles. The van der Waals surface area contributed by atoms with Crippen LogP contribution in [0.25, 0.3) is 0 Å². The predicted molar refractivity (Wildman–Crippen MR) is 59.4 cm³/mol. The van der Waals surface area contributed by atoms with Gasteiger partial charge in [0.15, 0.2) is 0 Å². The molecule has 1 rings (SSSR count). The highest BCUT2D eigenvalue weighted by atomic mass is 19.1. The number of anilines is 1. The molecule has 0 aromatic heterocycles. The van der Waals surface area contributed by atoms with Crippen molar-refractivity contribution in [2.24, 2.45) is 0 Å². The van der Waals surface area contributed by atoms with E-state index in [4.69, 9.17) is 0 Å². The lowest BCUT2D eigenvalue weighted by Gasteiger charge is -1.99. The standard InChI is InChI=1S/C12H10FNO3/c1-2-17-12(16)7-6-11(15)14-10-5-3-4-9(13)8-10/h3-5,8H,2H2,1H3,(H,14,15). The maximum Gasteiger partial charge on any atom is 0.384 e. The molecule has 0 spiro atoms. The van der Waals surface area contributed by atoms with Crippen LogP contribution in [0.15, 0.2) is 24.3 Å². The highest BCUT2D eigenvalue weighted by molar-refractivity contribution is 6.07. The molecular formula is C12H10FNO3. The molecule has 0 atom stereocenters. The molecule has 0 unspecified atom stereocenters. The fourth-order valence-corrected chi connectivity index (χ4v) is 1.00. The molecule has 17 heavy (non-hydrogen) atoms. The van der Waals surface area contributed by atoms with Crippen molar-refractivity contribution in [2.45, 2.75) is 6.92 Å². The van der Waals surface area contributed by atoms with Gasteiger partial charge < -0.3 is 10.1 Å². The molecule has 1 aromatic rings. The molecule has 1 aromatic carbocycles. The van der Waals surface area contributed by atoms with Gasteiger partial charge in [-0.05, 0) is 25.1 Å². The Morgan fingerprint density at radius 1 is 1.41 bits per heavy atom. The molecule has 1 amide bonds. The van der Waals surface area contributed by atoms with Crippen molar-refractivity contribution in [3.8, 4) is 11.8 Å². The van der Waals surface area contributed by atoms with Gasteiger partial charge in [-0.1, -0.05) is 6.07 Å². The summed E-state index contributed by atoms with van der Waals surface area (Å²) in [5.41, 5.74) is 0.271. The van der Waals surface area contributed by atoms with Crippen LogP contribution in [0, 0.1) is 17.7 Å². The van der Waals surface area contributed by atoms with E-state index in [9.17, 15) is 14.0 Å². The summed E-state index contributed by atoms with van der Waals surface area (Å²) in [5, 5.41) is 2.32. The van der Waals surface area contributed by atoms with Crippen LogP contribution in [0.4, 0.5) is 10.1 Å². The van der Waals surface area contributed by atoms with Crippen molar-refractivity contribution in [3.05, 3.63) is 30.1 Å².